The van der Waals surface area contributed by atoms with Crippen LogP contribution in [0.1, 0.15) is 27.2 Å². The molecule has 1 aliphatic rings. The lowest BCUT2D eigenvalue weighted by molar-refractivity contribution is 0.0817. The summed E-state index contributed by atoms with van der Waals surface area (Å²) in [7, 11) is 0. The molecule has 0 radical (unpaired) electrons. The fourth-order valence-corrected chi connectivity index (χ4v) is 1.97. The van der Waals surface area contributed by atoms with E-state index in [0.717, 1.165) is 45.0 Å². The van der Waals surface area contributed by atoms with E-state index in [4.69, 9.17) is 9.94 Å². The van der Waals surface area contributed by atoms with Crippen LogP contribution in [0.3, 0.4) is 0 Å². The van der Waals surface area contributed by atoms with Crippen molar-refractivity contribution in [1.29, 1.82) is 0 Å². The molecule has 1 heterocycles. The molecule has 1 aliphatic heterocycles. The Kier molecular flexibility index (Phi) is 5.77. The molecule has 4 heteroatoms. The Bertz CT molecular complexity index is 229. The molecule has 16 heavy (non-hydrogen) atoms. The molecule has 4 nitrogen and oxygen atoms in total. The smallest absolute Gasteiger partial charge is 0.0624 e. The summed E-state index contributed by atoms with van der Waals surface area (Å²) in [6, 6.07) is 0. The van der Waals surface area contributed by atoms with Gasteiger partial charge in [0.15, 0.2) is 0 Å². The molecule has 94 valence electrons. The van der Waals surface area contributed by atoms with E-state index in [9.17, 15) is 0 Å². The van der Waals surface area contributed by atoms with Crippen molar-refractivity contribution < 1.29 is 9.94 Å². The Hall–Kier alpha value is -0.610. The third-order valence-electron chi connectivity index (χ3n) is 2.92. The highest BCUT2D eigenvalue weighted by molar-refractivity contribution is 5.86. The topological polar surface area (TPSA) is 45.1 Å². The van der Waals surface area contributed by atoms with Crippen LogP contribution < -0.4 is 0 Å². The van der Waals surface area contributed by atoms with Gasteiger partial charge in [-0.05, 0) is 5.92 Å². The van der Waals surface area contributed by atoms with Crippen LogP contribution in [0.15, 0.2) is 5.16 Å². The number of likely N-dealkylation sites (tertiary alicyclic amines) is 1. The van der Waals surface area contributed by atoms with Crippen LogP contribution in [0.25, 0.3) is 0 Å². The number of nitrogens with zero attached hydrogens (tertiary/aromatic N) is 2. The highest BCUT2D eigenvalue weighted by Gasteiger charge is 2.21. The summed E-state index contributed by atoms with van der Waals surface area (Å²) in [4.78, 5) is 2.37. The second kappa shape index (κ2) is 6.86. The Labute approximate surface area is 98.3 Å². The van der Waals surface area contributed by atoms with E-state index in [2.05, 4.69) is 30.8 Å². The minimum Gasteiger partial charge on any atom is -0.411 e. The van der Waals surface area contributed by atoms with Gasteiger partial charge in [0.1, 0.15) is 0 Å². The predicted molar refractivity (Wildman–Crippen MR) is 65.1 cm³/mol. The van der Waals surface area contributed by atoms with Crippen molar-refractivity contribution in [2.75, 3.05) is 32.8 Å². The number of piperidine rings is 1. The monoisotopic (exact) mass is 228 g/mol. The van der Waals surface area contributed by atoms with Crippen molar-refractivity contribution in [3.05, 3.63) is 0 Å². The van der Waals surface area contributed by atoms with Gasteiger partial charge in [0.2, 0.25) is 0 Å². The Morgan fingerprint density at radius 2 is 2.31 bits per heavy atom. The van der Waals surface area contributed by atoms with Crippen LogP contribution in [-0.2, 0) is 4.74 Å². The summed E-state index contributed by atoms with van der Waals surface area (Å²) in [6.45, 7) is 11.0. The van der Waals surface area contributed by atoms with Crippen LogP contribution >= 0.6 is 0 Å². The molecule has 1 N–H and O–H groups in total. The van der Waals surface area contributed by atoms with Gasteiger partial charge < -0.3 is 14.8 Å². The van der Waals surface area contributed by atoms with E-state index < -0.39 is 0 Å². The minimum absolute atomic E-state index is 0.365. The summed E-state index contributed by atoms with van der Waals surface area (Å²) in [5, 5.41) is 12.1. The maximum absolute atomic E-state index is 8.77. The second-order valence-electron chi connectivity index (χ2n) is 5.01. The van der Waals surface area contributed by atoms with E-state index in [1.165, 1.54) is 0 Å². The molecule has 0 saturated carbocycles. The molecular formula is C12H24N2O2. The first-order valence-corrected chi connectivity index (χ1v) is 6.14. The molecule has 1 fully saturated rings. The first kappa shape index (κ1) is 13.5. The van der Waals surface area contributed by atoms with Crippen molar-refractivity contribution in [2.45, 2.75) is 27.2 Å². The number of ether oxygens (including phenoxy) is 1. The number of hydrogen-bond acceptors (Lipinski definition) is 4. The number of oxime groups is 1. The minimum atomic E-state index is 0.365. The van der Waals surface area contributed by atoms with E-state index in [-0.39, 0.29) is 0 Å². The third kappa shape index (κ3) is 4.49. The summed E-state index contributed by atoms with van der Waals surface area (Å²) in [5.74, 6) is 0.970. The van der Waals surface area contributed by atoms with Gasteiger partial charge in [-0.3, -0.25) is 0 Å². The van der Waals surface area contributed by atoms with Crippen LogP contribution in [-0.4, -0.2) is 48.7 Å². The average molecular weight is 228 g/mol. The summed E-state index contributed by atoms with van der Waals surface area (Å²) >= 11 is 0. The molecular weight excluding hydrogens is 204 g/mol. The predicted octanol–water partition coefficient (Wildman–Crippen LogP) is 1.83. The Morgan fingerprint density at radius 3 is 2.88 bits per heavy atom. The lowest BCUT2D eigenvalue weighted by Gasteiger charge is -2.31. The van der Waals surface area contributed by atoms with Gasteiger partial charge in [0, 0.05) is 38.6 Å². The SMILES string of the molecule is CC(C)COCCN1CCC(=NO)C(C)C1. The average Bonchev–Trinajstić information content (AvgIpc) is 2.24. The van der Waals surface area contributed by atoms with Crippen molar-refractivity contribution in [3.8, 4) is 0 Å². The largest absolute Gasteiger partial charge is 0.411 e. The fourth-order valence-electron chi connectivity index (χ4n) is 1.97. The quantitative estimate of drug-likeness (QED) is 0.443. The third-order valence-corrected chi connectivity index (χ3v) is 2.92. The molecule has 0 aromatic heterocycles. The fraction of sp³-hybridized carbons (Fsp3) is 0.917. The van der Waals surface area contributed by atoms with E-state index in [0.29, 0.717) is 11.8 Å². The van der Waals surface area contributed by atoms with Crippen LogP contribution in [0.2, 0.25) is 0 Å². The Morgan fingerprint density at radius 1 is 1.56 bits per heavy atom. The van der Waals surface area contributed by atoms with Gasteiger partial charge >= 0.3 is 0 Å². The second-order valence-corrected chi connectivity index (χ2v) is 5.01. The van der Waals surface area contributed by atoms with Gasteiger partial charge in [0.25, 0.3) is 0 Å². The van der Waals surface area contributed by atoms with Gasteiger partial charge in [-0.15, -0.1) is 0 Å². The van der Waals surface area contributed by atoms with E-state index in [1.807, 2.05) is 0 Å². The highest BCUT2D eigenvalue weighted by Crippen LogP contribution is 2.13. The summed E-state index contributed by atoms with van der Waals surface area (Å²) in [6.07, 6.45) is 0.877. The summed E-state index contributed by atoms with van der Waals surface area (Å²) < 4.78 is 5.56. The molecule has 0 bridgehead atoms. The van der Waals surface area contributed by atoms with Crippen LogP contribution in [0.5, 0.6) is 0 Å². The molecule has 1 unspecified atom stereocenters. The number of rotatable bonds is 5. The highest BCUT2D eigenvalue weighted by atomic mass is 16.5. The van der Waals surface area contributed by atoms with Gasteiger partial charge in [-0.25, -0.2) is 0 Å². The zero-order valence-corrected chi connectivity index (χ0v) is 10.6. The molecule has 1 atom stereocenters. The summed E-state index contributed by atoms with van der Waals surface area (Å²) in [5.41, 5.74) is 0.930. The molecule has 0 spiro atoms. The molecule has 1 saturated heterocycles. The zero-order valence-electron chi connectivity index (χ0n) is 10.6. The molecule has 0 amide bonds. The maximum Gasteiger partial charge on any atom is 0.0624 e. The molecule has 0 aromatic carbocycles. The Balaban J connectivity index is 2.15. The van der Waals surface area contributed by atoms with Crippen LogP contribution in [0, 0.1) is 11.8 Å². The van der Waals surface area contributed by atoms with Crippen molar-refractivity contribution in [1.82, 2.24) is 4.90 Å². The maximum atomic E-state index is 8.77. The molecule has 0 aromatic rings. The van der Waals surface area contributed by atoms with Crippen molar-refractivity contribution in [2.24, 2.45) is 17.0 Å². The normalized spacial score (nSPS) is 25.5. The van der Waals surface area contributed by atoms with E-state index in [1.54, 1.807) is 0 Å². The molecule has 1 rings (SSSR count). The van der Waals surface area contributed by atoms with Crippen molar-refractivity contribution >= 4 is 5.71 Å². The first-order chi connectivity index (χ1) is 7.63. The zero-order chi connectivity index (χ0) is 12.0. The number of hydrogen-bond donors (Lipinski definition) is 1. The van der Waals surface area contributed by atoms with Gasteiger partial charge in [0.05, 0.1) is 12.3 Å². The van der Waals surface area contributed by atoms with E-state index >= 15 is 0 Å². The van der Waals surface area contributed by atoms with Gasteiger partial charge in [-0.2, -0.15) is 0 Å². The standard InChI is InChI=1S/C12H24N2O2/c1-10(2)9-16-7-6-14-5-4-12(13-15)11(3)8-14/h10-11,15H,4-9H2,1-3H3. The van der Waals surface area contributed by atoms with Crippen molar-refractivity contribution in [3.63, 3.8) is 0 Å². The lowest BCUT2D eigenvalue weighted by Crippen LogP contribution is -2.41. The van der Waals surface area contributed by atoms with Gasteiger partial charge in [-0.1, -0.05) is 25.9 Å². The molecule has 0 aliphatic carbocycles. The lowest BCUT2D eigenvalue weighted by atomic mass is 9.98. The first-order valence-electron chi connectivity index (χ1n) is 6.14. The van der Waals surface area contributed by atoms with Crippen LogP contribution in [0.4, 0.5) is 0 Å².